The average molecular weight is 373 g/mol. The molecule has 2 aromatic carbocycles. The van der Waals surface area contributed by atoms with E-state index >= 15 is 0 Å². The SMILES string of the molecule is CC(NC(=O)CNC(=O)c1cccc(Cl)c1)c1ccc2[nH]c(=O)[nH]c2c1. The zero-order valence-electron chi connectivity index (χ0n) is 13.9. The Balaban J connectivity index is 1.58. The highest BCUT2D eigenvalue weighted by molar-refractivity contribution is 6.30. The minimum absolute atomic E-state index is 0.154. The van der Waals surface area contributed by atoms with Gasteiger partial charge in [-0.05, 0) is 42.8 Å². The van der Waals surface area contributed by atoms with Crippen LogP contribution in [-0.4, -0.2) is 28.3 Å². The summed E-state index contributed by atoms with van der Waals surface area (Å²) in [5.74, 6) is -0.697. The summed E-state index contributed by atoms with van der Waals surface area (Å²) in [4.78, 5) is 40.7. The number of aromatic amines is 2. The molecule has 26 heavy (non-hydrogen) atoms. The van der Waals surface area contributed by atoms with Gasteiger partial charge in [-0.3, -0.25) is 9.59 Å². The topological polar surface area (TPSA) is 107 Å². The van der Waals surface area contributed by atoms with Crippen molar-refractivity contribution in [2.75, 3.05) is 6.54 Å². The second kappa shape index (κ2) is 7.45. The zero-order chi connectivity index (χ0) is 18.7. The van der Waals surface area contributed by atoms with E-state index < -0.39 is 0 Å². The molecule has 1 aromatic heterocycles. The van der Waals surface area contributed by atoms with Crippen LogP contribution in [0.3, 0.4) is 0 Å². The fraction of sp³-hybridized carbons (Fsp3) is 0.167. The molecule has 0 spiro atoms. The first-order valence-corrected chi connectivity index (χ1v) is 8.35. The zero-order valence-corrected chi connectivity index (χ0v) is 14.7. The van der Waals surface area contributed by atoms with Gasteiger partial charge < -0.3 is 20.6 Å². The van der Waals surface area contributed by atoms with Gasteiger partial charge in [-0.25, -0.2) is 4.79 Å². The molecule has 0 aliphatic heterocycles. The van der Waals surface area contributed by atoms with Gasteiger partial charge in [0.15, 0.2) is 0 Å². The number of carbonyl (C=O) groups is 2. The van der Waals surface area contributed by atoms with Crippen molar-refractivity contribution in [2.24, 2.45) is 0 Å². The first-order chi connectivity index (χ1) is 12.4. The highest BCUT2D eigenvalue weighted by Gasteiger charge is 2.13. The average Bonchev–Trinajstić information content (AvgIpc) is 2.98. The molecule has 2 amide bonds. The van der Waals surface area contributed by atoms with Gasteiger partial charge in [0.05, 0.1) is 23.6 Å². The minimum Gasteiger partial charge on any atom is -0.348 e. The van der Waals surface area contributed by atoms with Gasteiger partial charge in [-0.15, -0.1) is 0 Å². The van der Waals surface area contributed by atoms with E-state index in [2.05, 4.69) is 20.6 Å². The molecule has 7 nitrogen and oxygen atoms in total. The summed E-state index contributed by atoms with van der Waals surface area (Å²) in [6.07, 6.45) is 0. The maximum absolute atomic E-state index is 12.1. The molecule has 0 saturated carbocycles. The standard InChI is InChI=1S/C18H17ClN4O3/c1-10(11-5-6-14-15(8-11)23-18(26)22-14)21-16(24)9-20-17(25)12-3-2-4-13(19)7-12/h2-8,10H,9H2,1H3,(H,20,25)(H,21,24)(H2,22,23,26). The van der Waals surface area contributed by atoms with Crippen LogP contribution in [0.15, 0.2) is 47.3 Å². The van der Waals surface area contributed by atoms with Crippen LogP contribution in [0.1, 0.15) is 28.9 Å². The number of fused-ring (bicyclic) bond motifs is 1. The van der Waals surface area contributed by atoms with E-state index in [1.54, 1.807) is 30.3 Å². The molecular weight excluding hydrogens is 356 g/mol. The molecule has 0 radical (unpaired) electrons. The quantitative estimate of drug-likeness (QED) is 0.551. The summed E-state index contributed by atoms with van der Waals surface area (Å²) in [5.41, 5.74) is 2.31. The molecule has 3 rings (SSSR count). The molecule has 134 valence electrons. The molecule has 4 N–H and O–H groups in total. The number of benzene rings is 2. The van der Waals surface area contributed by atoms with Crippen LogP contribution in [0.5, 0.6) is 0 Å². The number of amides is 2. The Morgan fingerprint density at radius 3 is 2.65 bits per heavy atom. The number of rotatable bonds is 5. The van der Waals surface area contributed by atoms with E-state index in [0.29, 0.717) is 21.6 Å². The summed E-state index contributed by atoms with van der Waals surface area (Å²) in [6.45, 7) is 1.67. The lowest BCUT2D eigenvalue weighted by Crippen LogP contribution is -2.38. The molecule has 0 bridgehead atoms. The first kappa shape index (κ1) is 17.8. The van der Waals surface area contributed by atoms with Crippen molar-refractivity contribution < 1.29 is 9.59 Å². The number of imidazole rings is 1. The Labute approximate surface area is 153 Å². The maximum Gasteiger partial charge on any atom is 0.323 e. The summed E-state index contributed by atoms with van der Waals surface area (Å²) in [6, 6.07) is 11.6. The number of carbonyl (C=O) groups excluding carboxylic acids is 2. The molecule has 1 heterocycles. The van der Waals surface area contributed by atoms with Crippen LogP contribution in [0.2, 0.25) is 5.02 Å². The molecule has 3 aromatic rings. The Morgan fingerprint density at radius 1 is 1.12 bits per heavy atom. The Hall–Kier alpha value is -3.06. The van der Waals surface area contributed by atoms with Crippen LogP contribution < -0.4 is 16.3 Å². The van der Waals surface area contributed by atoms with Gasteiger partial charge in [0.2, 0.25) is 5.91 Å². The third kappa shape index (κ3) is 4.12. The minimum atomic E-state index is -0.373. The van der Waals surface area contributed by atoms with E-state index in [4.69, 9.17) is 11.6 Å². The van der Waals surface area contributed by atoms with Crippen molar-refractivity contribution in [3.63, 3.8) is 0 Å². The third-order valence-corrected chi connectivity index (χ3v) is 4.15. The Bertz CT molecular complexity index is 1020. The monoisotopic (exact) mass is 372 g/mol. The molecule has 0 aliphatic carbocycles. The fourth-order valence-electron chi connectivity index (χ4n) is 2.59. The number of nitrogens with one attached hydrogen (secondary N) is 4. The molecule has 0 aliphatic rings. The van der Waals surface area contributed by atoms with Crippen molar-refractivity contribution in [1.82, 2.24) is 20.6 Å². The first-order valence-electron chi connectivity index (χ1n) is 7.97. The largest absolute Gasteiger partial charge is 0.348 e. The van der Waals surface area contributed by atoms with Crippen molar-refractivity contribution >= 4 is 34.4 Å². The van der Waals surface area contributed by atoms with Crippen molar-refractivity contribution in [1.29, 1.82) is 0 Å². The van der Waals surface area contributed by atoms with Gasteiger partial charge in [0.25, 0.3) is 5.91 Å². The van der Waals surface area contributed by atoms with Gasteiger partial charge in [0.1, 0.15) is 0 Å². The molecule has 1 unspecified atom stereocenters. The molecule has 8 heteroatoms. The second-order valence-corrected chi connectivity index (χ2v) is 6.30. The lowest BCUT2D eigenvalue weighted by molar-refractivity contribution is -0.120. The van der Waals surface area contributed by atoms with E-state index in [1.165, 1.54) is 6.07 Å². The van der Waals surface area contributed by atoms with E-state index in [1.807, 2.05) is 13.0 Å². The van der Waals surface area contributed by atoms with Crippen LogP contribution in [0.25, 0.3) is 11.0 Å². The van der Waals surface area contributed by atoms with Crippen LogP contribution >= 0.6 is 11.6 Å². The van der Waals surface area contributed by atoms with Crippen LogP contribution in [-0.2, 0) is 4.79 Å². The van der Waals surface area contributed by atoms with Crippen molar-refractivity contribution in [3.05, 3.63) is 69.1 Å². The lowest BCUT2D eigenvalue weighted by Gasteiger charge is -2.15. The van der Waals surface area contributed by atoms with Gasteiger partial charge in [0, 0.05) is 10.6 Å². The van der Waals surface area contributed by atoms with E-state index in [0.717, 1.165) is 5.56 Å². The van der Waals surface area contributed by atoms with Crippen LogP contribution in [0, 0.1) is 0 Å². The molecule has 1 atom stereocenters. The third-order valence-electron chi connectivity index (χ3n) is 3.91. The fourth-order valence-corrected chi connectivity index (χ4v) is 2.78. The molecule has 0 saturated heterocycles. The summed E-state index contributed by atoms with van der Waals surface area (Å²) < 4.78 is 0. The van der Waals surface area contributed by atoms with Gasteiger partial charge in [-0.2, -0.15) is 0 Å². The predicted octanol–water partition coefficient (Wildman–Crippen LogP) is 2.12. The Morgan fingerprint density at radius 2 is 1.88 bits per heavy atom. The van der Waals surface area contributed by atoms with Crippen molar-refractivity contribution in [3.8, 4) is 0 Å². The van der Waals surface area contributed by atoms with E-state index in [9.17, 15) is 14.4 Å². The van der Waals surface area contributed by atoms with Crippen LogP contribution in [0.4, 0.5) is 0 Å². The Kier molecular flexibility index (Phi) is 5.09. The highest BCUT2D eigenvalue weighted by Crippen LogP contribution is 2.17. The predicted molar refractivity (Wildman–Crippen MR) is 99.3 cm³/mol. The van der Waals surface area contributed by atoms with Crippen molar-refractivity contribution in [2.45, 2.75) is 13.0 Å². The smallest absolute Gasteiger partial charge is 0.323 e. The number of halogens is 1. The normalized spacial score (nSPS) is 11.9. The number of aromatic nitrogens is 2. The number of H-pyrrole nitrogens is 2. The highest BCUT2D eigenvalue weighted by atomic mass is 35.5. The number of hydrogen-bond donors (Lipinski definition) is 4. The van der Waals surface area contributed by atoms with Gasteiger partial charge in [-0.1, -0.05) is 23.7 Å². The lowest BCUT2D eigenvalue weighted by atomic mass is 10.1. The summed E-state index contributed by atoms with van der Waals surface area (Å²) >= 11 is 5.85. The number of hydrogen-bond acceptors (Lipinski definition) is 3. The molecule has 0 fully saturated rings. The summed E-state index contributed by atoms with van der Waals surface area (Å²) in [5, 5.41) is 5.81. The summed E-state index contributed by atoms with van der Waals surface area (Å²) in [7, 11) is 0. The maximum atomic E-state index is 12.1. The van der Waals surface area contributed by atoms with E-state index in [-0.39, 0.29) is 30.1 Å². The molecular formula is C18H17ClN4O3. The second-order valence-electron chi connectivity index (χ2n) is 5.87. The van der Waals surface area contributed by atoms with Gasteiger partial charge >= 0.3 is 5.69 Å².